The molecule has 1 aliphatic rings. The third-order valence-corrected chi connectivity index (χ3v) is 5.82. The highest BCUT2D eigenvalue weighted by molar-refractivity contribution is 5.95. The van der Waals surface area contributed by atoms with Crippen LogP contribution in [-0.2, 0) is 9.53 Å². The Kier molecular flexibility index (Phi) is 10.5. The molecule has 8 nitrogen and oxygen atoms in total. The number of hydrogen-bond donors (Lipinski definition) is 1. The second kappa shape index (κ2) is 13.8. The van der Waals surface area contributed by atoms with Gasteiger partial charge in [-0.1, -0.05) is 20.3 Å². The summed E-state index contributed by atoms with van der Waals surface area (Å²) in [4.78, 5) is 27.2. The van der Waals surface area contributed by atoms with Crippen LogP contribution in [0.1, 0.15) is 40.0 Å². The molecule has 1 aliphatic heterocycles. The van der Waals surface area contributed by atoms with Crippen LogP contribution in [0.4, 0.5) is 9.18 Å². The number of piperidine rings is 1. The maximum atomic E-state index is 13.4. The van der Waals surface area contributed by atoms with Crippen LogP contribution < -0.4 is 14.9 Å². The molecule has 0 spiro atoms. The van der Waals surface area contributed by atoms with Gasteiger partial charge in [-0.05, 0) is 74.2 Å². The molecule has 0 aliphatic carbocycles. The van der Waals surface area contributed by atoms with E-state index in [-0.39, 0.29) is 37.4 Å². The SMILES string of the molecule is CCOC(=O)N(CCOc1ccc(Oc2ccc(F)cc2)cc1)C(=O)[C@@H](NN1CCCCC1)C(C)C. The van der Waals surface area contributed by atoms with Gasteiger partial charge in [-0.3, -0.25) is 4.79 Å². The van der Waals surface area contributed by atoms with Gasteiger partial charge >= 0.3 is 6.09 Å². The van der Waals surface area contributed by atoms with Gasteiger partial charge in [-0.15, -0.1) is 0 Å². The first kappa shape index (κ1) is 27.4. The summed E-state index contributed by atoms with van der Waals surface area (Å²) in [6.45, 7) is 7.70. The molecule has 2 aromatic rings. The third kappa shape index (κ3) is 8.20. The molecule has 0 bridgehead atoms. The Morgan fingerprint density at radius 1 is 0.972 bits per heavy atom. The molecule has 1 atom stereocenters. The molecule has 1 heterocycles. The Morgan fingerprint density at radius 2 is 1.56 bits per heavy atom. The van der Waals surface area contributed by atoms with E-state index in [9.17, 15) is 14.0 Å². The van der Waals surface area contributed by atoms with Gasteiger partial charge in [0.05, 0.1) is 13.2 Å². The van der Waals surface area contributed by atoms with E-state index >= 15 is 0 Å². The molecule has 0 radical (unpaired) electrons. The Labute approximate surface area is 212 Å². The monoisotopic (exact) mass is 501 g/mol. The standard InChI is InChI=1S/C27H36FN3O5/c1-4-34-27(33)31(26(32)25(20(2)3)29-30-16-6-5-7-17-30)18-19-35-22-12-14-24(15-13-22)36-23-10-8-21(28)9-11-23/h8-15,20,25,29H,4-7,16-19H2,1-3H3/t25-/m0/s1. The number of nitrogens with one attached hydrogen (secondary N) is 1. The zero-order valence-corrected chi connectivity index (χ0v) is 21.2. The fourth-order valence-electron chi connectivity index (χ4n) is 3.87. The first-order valence-electron chi connectivity index (χ1n) is 12.5. The Morgan fingerprint density at radius 3 is 2.14 bits per heavy atom. The molecule has 0 unspecified atom stereocenters. The quantitative estimate of drug-likeness (QED) is 0.464. The van der Waals surface area contributed by atoms with E-state index in [4.69, 9.17) is 14.2 Å². The number of amides is 2. The van der Waals surface area contributed by atoms with Crippen LogP contribution in [0.15, 0.2) is 48.5 Å². The van der Waals surface area contributed by atoms with Crippen molar-refractivity contribution in [3.8, 4) is 17.2 Å². The average Bonchev–Trinajstić information content (AvgIpc) is 2.87. The number of hydrogen-bond acceptors (Lipinski definition) is 7. The summed E-state index contributed by atoms with van der Waals surface area (Å²) in [6.07, 6.45) is 2.66. The zero-order chi connectivity index (χ0) is 25.9. The van der Waals surface area contributed by atoms with Gasteiger partial charge < -0.3 is 14.2 Å². The van der Waals surface area contributed by atoms with Crippen LogP contribution in [0.2, 0.25) is 0 Å². The molecule has 1 saturated heterocycles. The van der Waals surface area contributed by atoms with Crippen molar-refractivity contribution in [2.45, 2.75) is 46.1 Å². The van der Waals surface area contributed by atoms with Gasteiger partial charge in [0.1, 0.15) is 35.7 Å². The van der Waals surface area contributed by atoms with Crippen molar-refractivity contribution >= 4 is 12.0 Å². The molecule has 196 valence electrons. The van der Waals surface area contributed by atoms with Crippen LogP contribution in [0.25, 0.3) is 0 Å². The number of rotatable bonds is 11. The Balaban J connectivity index is 1.58. The second-order valence-corrected chi connectivity index (χ2v) is 8.96. The molecule has 9 heteroatoms. The number of hydrazine groups is 1. The van der Waals surface area contributed by atoms with E-state index in [0.717, 1.165) is 30.8 Å². The fourth-order valence-corrected chi connectivity index (χ4v) is 3.87. The van der Waals surface area contributed by atoms with E-state index in [1.807, 2.05) is 13.8 Å². The number of ether oxygens (including phenoxy) is 3. The highest BCUT2D eigenvalue weighted by Gasteiger charge is 2.33. The van der Waals surface area contributed by atoms with Crippen LogP contribution in [0.3, 0.4) is 0 Å². The number of carbonyl (C=O) groups excluding carboxylic acids is 2. The Bertz CT molecular complexity index is 962. The molecule has 1 N–H and O–H groups in total. The lowest BCUT2D eigenvalue weighted by Crippen LogP contribution is -2.57. The number of halogens is 1. The number of nitrogens with zero attached hydrogens (tertiary/aromatic N) is 2. The van der Waals surface area contributed by atoms with Crippen LogP contribution in [0, 0.1) is 11.7 Å². The summed E-state index contributed by atoms with van der Waals surface area (Å²) in [5, 5.41) is 2.07. The lowest BCUT2D eigenvalue weighted by atomic mass is 10.0. The molecular weight excluding hydrogens is 465 g/mol. The minimum atomic E-state index is -0.680. The van der Waals surface area contributed by atoms with E-state index in [1.54, 1.807) is 43.3 Å². The Hall–Kier alpha value is -3.17. The number of imide groups is 1. The smallest absolute Gasteiger partial charge is 0.416 e. The van der Waals surface area contributed by atoms with Crippen molar-refractivity contribution in [2.24, 2.45) is 5.92 Å². The summed E-state index contributed by atoms with van der Waals surface area (Å²) < 4.78 is 29.7. The van der Waals surface area contributed by atoms with Crippen molar-refractivity contribution in [1.82, 2.24) is 15.3 Å². The molecule has 3 rings (SSSR count). The molecule has 1 fully saturated rings. The van der Waals surface area contributed by atoms with E-state index in [0.29, 0.717) is 17.2 Å². The van der Waals surface area contributed by atoms with Gasteiger partial charge in [0, 0.05) is 13.1 Å². The first-order valence-corrected chi connectivity index (χ1v) is 12.5. The lowest BCUT2D eigenvalue weighted by molar-refractivity contribution is -0.135. The molecule has 36 heavy (non-hydrogen) atoms. The zero-order valence-electron chi connectivity index (χ0n) is 21.2. The van der Waals surface area contributed by atoms with Gasteiger partial charge in [0.25, 0.3) is 5.91 Å². The molecule has 0 aromatic heterocycles. The van der Waals surface area contributed by atoms with Gasteiger partial charge in [-0.25, -0.2) is 24.5 Å². The molecule has 2 aromatic carbocycles. The first-order chi connectivity index (χ1) is 17.4. The largest absolute Gasteiger partial charge is 0.492 e. The van der Waals surface area contributed by atoms with E-state index < -0.39 is 12.1 Å². The summed E-state index contributed by atoms with van der Waals surface area (Å²) in [5.74, 6) is 0.965. The van der Waals surface area contributed by atoms with Crippen molar-refractivity contribution in [3.63, 3.8) is 0 Å². The van der Waals surface area contributed by atoms with Crippen molar-refractivity contribution in [2.75, 3.05) is 32.8 Å². The average molecular weight is 502 g/mol. The number of benzene rings is 2. The highest BCUT2D eigenvalue weighted by atomic mass is 19.1. The second-order valence-electron chi connectivity index (χ2n) is 8.96. The normalized spacial score (nSPS) is 14.8. The summed E-state index contributed by atoms with van der Waals surface area (Å²) in [5.41, 5.74) is 3.33. The number of carbonyl (C=O) groups is 2. The third-order valence-electron chi connectivity index (χ3n) is 5.82. The topological polar surface area (TPSA) is 80.3 Å². The van der Waals surface area contributed by atoms with Crippen molar-refractivity contribution < 1.29 is 28.2 Å². The van der Waals surface area contributed by atoms with Crippen molar-refractivity contribution in [1.29, 1.82) is 0 Å². The van der Waals surface area contributed by atoms with Crippen LogP contribution >= 0.6 is 0 Å². The lowest BCUT2D eigenvalue weighted by Gasteiger charge is -2.34. The summed E-state index contributed by atoms with van der Waals surface area (Å²) in [7, 11) is 0. The fraction of sp³-hybridized carbons (Fsp3) is 0.481. The minimum absolute atomic E-state index is 0.0223. The van der Waals surface area contributed by atoms with Crippen LogP contribution in [0.5, 0.6) is 17.2 Å². The maximum absolute atomic E-state index is 13.4. The summed E-state index contributed by atoms with van der Waals surface area (Å²) >= 11 is 0. The van der Waals surface area contributed by atoms with Crippen molar-refractivity contribution in [3.05, 3.63) is 54.3 Å². The highest BCUT2D eigenvalue weighted by Crippen LogP contribution is 2.24. The maximum Gasteiger partial charge on any atom is 0.416 e. The molecular formula is C27H36FN3O5. The molecule has 2 amide bonds. The van der Waals surface area contributed by atoms with Gasteiger partial charge in [0.2, 0.25) is 0 Å². The predicted octanol–water partition coefficient (Wildman–Crippen LogP) is 5.00. The summed E-state index contributed by atoms with van der Waals surface area (Å²) in [6, 6.07) is 12.1. The predicted molar refractivity (Wildman–Crippen MR) is 134 cm³/mol. The van der Waals surface area contributed by atoms with E-state index in [2.05, 4.69) is 10.4 Å². The van der Waals surface area contributed by atoms with Gasteiger partial charge in [0.15, 0.2) is 0 Å². The van der Waals surface area contributed by atoms with E-state index in [1.165, 1.54) is 18.6 Å². The molecule has 0 saturated carbocycles. The minimum Gasteiger partial charge on any atom is -0.492 e. The van der Waals surface area contributed by atoms with Gasteiger partial charge in [-0.2, -0.15) is 0 Å². The van der Waals surface area contributed by atoms with Crippen LogP contribution in [-0.4, -0.2) is 60.8 Å².